The SMILES string of the molecule is CC(C)(C)C1(C)Cn2c(nc3ccccc32)O1.CC(C)(C)OC(=O)N1CCC(C2Cn3c(nc4ccccc43)O2)CC1.CC(C)(C)OC(=O)N1CCCC(C2Cn3c(nc4ccccc43)O2)C1.CCCCCCC1(C)Cn2c(nc3ccccc32)O1.CCCCCCC1(CC)Cn2c(nc3ccccc32)O1.c1ccc2c(c1)nc1n2CC(CC2CCCCC2)O1. The van der Waals surface area contributed by atoms with Crippen molar-refractivity contribution in [2.75, 3.05) is 26.2 Å². The molecule has 14 heterocycles. The monoisotopic (exact) mass is 1700 g/mol. The third-order valence-corrected chi connectivity index (χ3v) is 26.9. The zero-order valence-electron chi connectivity index (χ0n) is 76.6. The summed E-state index contributed by atoms with van der Waals surface area (Å²) in [5.74, 6) is 1.62. The zero-order chi connectivity index (χ0) is 87.4. The Balaban J connectivity index is 0.000000111. The minimum Gasteiger partial charge on any atom is -0.459 e. The van der Waals surface area contributed by atoms with Crippen molar-refractivity contribution in [1.29, 1.82) is 0 Å². The highest BCUT2D eigenvalue weighted by molar-refractivity contribution is 5.81. The molecule has 6 aromatic heterocycles. The molecule has 668 valence electrons. The lowest BCUT2D eigenvalue weighted by atomic mass is 9.78. The van der Waals surface area contributed by atoms with Gasteiger partial charge in [-0.25, -0.2) is 9.59 Å². The Morgan fingerprint density at radius 1 is 0.392 bits per heavy atom. The smallest absolute Gasteiger partial charge is 0.410 e. The van der Waals surface area contributed by atoms with Gasteiger partial charge >= 0.3 is 12.2 Å². The third-order valence-electron chi connectivity index (χ3n) is 26.9. The van der Waals surface area contributed by atoms with Crippen molar-refractivity contribution >= 4 is 78.4 Å². The molecule has 2 saturated heterocycles. The van der Waals surface area contributed by atoms with E-state index in [1.54, 1.807) is 0 Å². The summed E-state index contributed by atoms with van der Waals surface area (Å²) in [7, 11) is 0. The van der Waals surface area contributed by atoms with Crippen molar-refractivity contribution in [3.63, 3.8) is 0 Å². The molecule has 125 heavy (non-hydrogen) atoms. The molecule has 2 amide bonds. The van der Waals surface area contributed by atoms with E-state index in [1.807, 2.05) is 130 Å². The molecule has 1 saturated carbocycles. The van der Waals surface area contributed by atoms with Gasteiger partial charge in [-0.05, 0) is 198 Å². The Morgan fingerprint density at radius 3 is 1.27 bits per heavy atom. The normalized spacial score (nSPS) is 22.4. The molecule has 24 nitrogen and oxygen atoms in total. The van der Waals surface area contributed by atoms with E-state index in [4.69, 9.17) is 37.9 Å². The van der Waals surface area contributed by atoms with Crippen LogP contribution in [-0.4, -0.2) is 152 Å². The van der Waals surface area contributed by atoms with E-state index in [1.165, 1.54) is 106 Å². The van der Waals surface area contributed by atoms with Gasteiger partial charge in [-0.2, -0.15) is 29.9 Å². The van der Waals surface area contributed by atoms with Gasteiger partial charge in [0.05, 0.1) is 105 Å². The summed E-state index contributed by atoms with van der Waals surface area (Å²) in [4.78, 5) is 55.6. The molecular formula is C101H134N14O10. The van der Waals surface area contributed by atoms with Crippen LogP contribution in [0.15, 0.2) is 146 Å². The molecule has 3 fully saturated rings. The zero-order valence-corrected chi connectivity index (χ0v) is 76.6. The molecule has 0 bridgehead atoms. The van der Waals surface area contributed by atoms with Gasteiger partial charge in [-0.15, -0.1) is 0 Å². The number of hydrogen-bond acceptors (Lipinski definition) is 16. The highest BCUT2D eigenvalue weighted by atomic mass is 16.6. The van der Waals surface area contributed by atoms with Gasteiger partial charge in [-0.3, -0.25) is 27.4 Å². The van der Waals surface area contributed by atoms with Gasteiger partial charge in [0.2, 0.25) is 0 Å². The molecule has 0 radical (unpaired) electrons. The van der Waals surface area contributed by atoms with Crippen LogP contribution in [-0.2, 0) is 48.7 Å². The molecule has 24 heteroatoms. The number of nitrogens with zero attached hydrogens (tertiary/aromatic N) is 14. The summed E-state index contributed by atoms with van der Waals surface area (Å²) >= 11 is 0. The fourth-order valence-electron chi connectivity index (χ4n) is 19.3. The number of carbonyl (C=O) groups is 2. The number of piperidine rings is 2. The second-order valence-corrected chi connectivity index (χ2v) is 39.7. The predicted octanol–water partition coefficient (Wildman–Crippen LogP) is 22.6. The van der Waals surface area contributed by atoms with Crippen molar-refractivity contribution in [2.24, 2.45) is 23.2 Å². The van der Waals surface area contributed by atoms with E-state index in [0.717, 1.165) is 189 Å². The number of unbranched alkanes of at least 4 members (excludes halogenated alkanes) is 6. The summed E-state index contributed by atoms with van der Waals surface area (Å²) < 4.78 is 61.0. The van der Waals surface area contributed by atoms with Crippen LogP contribution in [0.2, 0.25) is 0 Å². The van der Waals surface area contributed by atoms with Gasteiger partial charge in [0.1, 0.15) is 46.3 Å². The van der Waals surface area contributed by atoms with Gasteiger partial charge in [0.15, 0.2) is 0 Å². The first-order valence-electron chi connectivity index (χ1n) is 46.9. The average Bonchev–Trinajstić information content (AvgIpc) is 1.58. The molecule has 7 atom stereocenters. The minimum atomic E-state index is -0.463. The van der Waals surface area contributed by atoms with Crippen molar-refractivity contribution in [3.8, 4) is 36.1 Å². The Hall–Kier alpha value is -10.5. The second kappa shape index (κ2) is 37.2. The van der Waals surface area contributed by atoms with E-state index in [2.05, 4.69) is 179 Å². The maximum atomic E-state index is 12.4. The van der Waals surface area contributed by atoms with Crippen molar-refractivity contribution in [1.82, 2.24) is 67.1 Å². The lowest BCUT2D eigenvalue weighted by molar-refractivity contribution is -0.00143. The number of fused-ring (bicyclic) bond motifs is 18. The molecule has 12 aromatic rings. The maximum Gasteiger partial charge on any atom is 0.410 e. The quantitative estimate of drug-likeness (QED) is 0.0871. The molecule has 0 spiro atoms. The first kappa shape index (κ1) is 87.9. The first-order chi connectivity index (χ1) is 60.1. The summed E-state index contributed by atoms with van der Waals surface area (Å²) in [5, 5.41) is 0. The molecule has 0 N–H and O–H groups in total. The second-order valence-electron chi connectivity index (χ2n) is 39.7. The molecular weight excluding hydrogens is 1570 g/mol. The summed E-state index contributed by atoms with van der Waals surface area (Å²) in [6.07, 6.45) is 25.9. The van der Waals surface area contributed by atoms with Crippen molar-refractivity contribution in [2.45, 2.75) is 317 Å². The number of imidazole rings is 6. The van der Waals surface area contributed by atoms with E-state index in [0.29, 0.717) is 30.5 Å². The molecule has 9 aliphatic rings. The van der Waals surface area contributed by atoms with Crippen LogP contribution in [0.4, 0.5) is 9.59 Å². The largest absolute Gasteiger partial charge is 0.459 e. The van der Waals surface area contributed by atoms with Crippen LogP contribution in [0.25, 0.3) is 66.2 Å². The Labute approximate surface area is 737 Å². The van der Waals surface area contributed by atoms with Crippen LogP contribution < -0.4 is 28.4 Å². The molecule has 21 rings (SSSR count). The van der Waals surface area contributed by atoms with Gasteiger partial charge in [0.25, 0.3) is 36.1 Å². The van der Waals surface area contributed by atoms with E-state index < -0.39 is 11.2 Å². The number of likely N-dealkylation sites (tertiary alicyclic amines) is 2. The average molecular weight is 1700 g/mol. The highest BCUT2D eigenvalue weighted by Crippen LogP contribution is 2.45. The Bertz CT molecular complexity index is 5680. The summed E-state index contributed by atoms with van der Waals surface area (Å²) in [6.45, 7) is 37.4. The molecule has 8 aliphatic heterocycles. The fourth-order valence-corrected chi connectivity index (χ4v) is 19.3. The van der Waals surface area contributed by atoms with Gasteiger partial charge < -0.3 is 47.7 Å². The third kappa shape index (κ3) is 20.0. The number of carbonyl (C=O) groups excluding carboxylic acids is 2. The molecule has 1 aliphatic carbocycles. The number of benzene rings is 6. The minimum absolute atomic E-state index is 0.0277. The van der Waals surface area contributed by atoms with Crippen LogP contribution in [0, 0.1) is 23.2 Å². The number of aromatic nitrogens is 12. The topological polar surface area (TPSA) is 221 Å². The first-order valence-corrected chi connectivity index (χ1v) is 46.9. The van der Waals surface area contributed by atoms with E-state index >= 15 is 0 Å². The standard InChI is InChI=1S/2C19H25N3O3.C17H24N2O.C16H20N2O.C16H22N2O.C14H18N2O/c1-19(2,3)25-18(23)21-10-6-7-13(11-21)16-12-22-15-9-5-4-8-14(15)20-17(22)24-16;1-19(2,3)25-18(23)21-10-8-13(9-11-21)16-12-22-15-7-5-4-6-14(15)20-17(22)24-16;1-3-5-6-9-12-17(4-2)13-19-15-11-8-7-10-14(15)18-16(19)20-17;1-2-6-12(7-3-1)10-13-11-18-15-9-5-4-8-14(15)17-16(18)19-13;1-3-4-5-8-11-16(2)12-18-14-10-7-6-9-13(14)17-15(18)19-16;1-13(2,3)14(4)9-16-11-8-6-5-7-10(11)15-12(16)17-14/h4-5,8-9,13,16H,6-7,10-12H2,1-3H3;4-7,13,16H,8-12H2,1-3H3;7-8,10-11H,3-6,9,12-13H2,1-2H3;4-5,8-9,12-13H,1-3,6-7,10-11H2;6-7,9-10H,3-5,8,11-12H2,1-2H3;5-8H,9H2,1-4H3. The van der Waals surface area contributed by atoms with Crippen LogP contribution in [0.3, 0.4) is 0 Å². The van der Waals surface area contributed by atoms with E-state index in [-0.39, 0.29) is 46.6 Å². The number of amides is 2. The Morgan fingerprint density at radius 2 is 0.800 bits per heavy atom. The number of rotatable bonds is 15. The van der Waals surface area contributed by atoms with Crippen LogP contribution in [0.5, 0.6) is 36.1 Å². The van der Waals surface area contributed by atoms with Crippen molar-refractivity contribution < 1.29 is 47.5 Å². The molecule has 6 aromatic carbocycles. The number of hydrogen-bond donors (Lipinski definition) is 0. The number of ether oxygens (including phenoxy) is 8. The van der Waals surface area contributed by atoms with Gasteiger partial charge in [0, 0.05) is 43.4 Å². The fraction of sp³-hybridized carbons (Fsp3) is 0.564. The lowest BCUT2D eigenvalue weighted by Crippen LogP contribution is -2.46. The van der Waals surface area contributed by atoms with Gasteiger partial charge in [-0.1, -0.05) is 185 Å². The van der Waals surface area contributed by atoms with Crippen LogP contribution in [0.1, 0.15) is 232 Å². The summed E-state index contributed by atoms with van der Waals surface area (Å²) in [6, 6.07) is 53.8. The van der Waals surface area contributed by atoms with E-state index in [9.17, 15) is 9.59 Å². The molecule has 7 unspecified atom stereocenters. The predicted molar refractivity (Wildman–Crippen MR) is 493 cm³/mol. The lowest BCUT2D eigenvalue weighted by Gasteiger charge is -2.36. The number of para-hydroxylation sites is 12. The highest BCUT2D eigenvalue weighted by Gasteiger charge is 2.47. The summed E-state index contributed by atoms with van der Waals surface area (Å²) in [5.41, 5.74) is 12.0. The maximum absolute atomic E-state index is 12.4. The Kier molecular flexibility index (Phi) is 26.2. The van der Waals surface area contributed by atoms with Crippen molar-refractivity contribution in [3.05, 3.63) is 146 Å². The van der Waals surface area contributed by atoms with Crippen LogP contribution >= 0.6 is 0 Å².